The van der Waals surface area contributed by atoms with E-state index in [4.69, 9.17) is 15.3 Å². The van der Waals surface area contributed by atoms with Gasteiger partial charge in [0.05, 0.1) is 6.10 Å². The van der Waals surface area contributed by atoms with E-state index in [2.05, 4.69) is 0 Å². The van der Waals surface area contributed by atoms with E-state index in [9.17, 15) is 0 Å². The van der Waals surface area contributed by atoms with Crippen LogP contribution < -0.4 is 0 Å². The van der Waals surface area contributed by atoms with Crippen molar-refractivity contribution in [2.75, 3.05) is 13.2 Å². The van der Waals surface area contributed by atoms with Gasteiger partial charge in [0, 0.05) is 13.2 Å². The lowest BCUT2D eigenvalue weighted by Gasteiger charge is -1.95. The van der Waals surface area contributed by atoms with Crippen LogP contribution in [0.15, 0.2) is 0 Å². The monoisotopic (exact) mass is 150 g/mol. The number of hydrogen-bond acceptors (Lipinski definition) is 3. The molecule has 0 aliphatic heterocycles. The van der Waals surface area contributed by atoms with Crippen LogP contribution in [0.5, 0.6) is 0 Å². The molecule has 64 valence electrons. The molecule has 3 nitrogen and oxygen atoms in total. The average Bonchev–Trinajstić information content (AvgIpc) is 1.89. The quantitative estimate of drug-likeness (QED) is 0.536. The number of hydrogen-bond donors (Lipinski definition) is 3. The molecule has 0 aliphatic carbocycles. The molecule has 1 unspecified atom stereocenters. The first-order chi connectivity index (χ1) is 4.68. The van der Waals surface area contributed by atoms with Crippen LogP contribution in [-0.2, 0) is 0 Å². The summed E-state index contributed by atoms with van der Waals surface area (Å²) in [5.41, 5.74) is 0. The van der Waals surface area contributed by atoms with Crippen LogP contribution in [0.3, 0.4) is 0 Å². The highest BCUT2D eigenvalue weighted by Crippen LogP contribution is 1.83. The Morgan fingerprint density at radius 3 is 1.60 bits per heavy atom. The summed E-state index contributed by atoms with van der Waals surface area (Å²) < 4.78 is 0. The van der Waals surface area contributed by atoms with Crippen molar-refractivity contribution in [3.8, 4) is 0 Å². The summed E-state index contributed by atoms with van der Waals surface area (Å²) in [6.07, 6.45) is 1.01. The molecule has 0 aromatic rings. The van der Waals surface area contributed by atoms with Crippen molar-refractivity contribution in [2.24, 2.45) is 0 Å². The highest BCUT2D eigenvalue weighted by molar-refractivity contribution is 4.40. The Kier molecular flexibility index (Phi) is 14.6. The molecule has 0 heterocycles. The van der Waals surface area contributed by atoms with Crippen LogP contribution in [-0.4, -0.2) is 34.6 Å². The Morgan fingerprint density at radius 2 is 1.60 bits per heavy atom. The fraction of sp³-hybridized carbons (Fsp3) is 1.00. The number of rotatable bonds is 3. The highest BCUT2D eigenvalue weighted by atomic mass is 16.3. The average molecular weight is 150 g/mol. The minimum absolute atomic E-state index is 0.0810. The summed E-state index contributed by atoms with van der Waals surface area (Å²) in [7, 11) is 0. The van der Waals surface area contributed by atoms with E-state index in [0.29, 0.717) is 13.0 Å². The molecule has 1 atom stereocenters. The van der Waals surface area contributed by atoms with Crippen LogP contribution in [0.1, 0.15) is 26.7 Å². The van der Waals surface area contributed by atoms with Crippen molar-refractivity contribution in [1.29, 1.82) is 0 Å². The van der Waals surface area contributed by atoms with E-state index < -0.39 is 0 Å². The molecule has 0 spiro atoms. The maximum absolute atomic E-state index is 8.39. The molecule has 0 saturated carbocycles. The fourth-order valence-electron chi connectivity index (χ4n) is 0.187. The molecule has 0 bridgehead atoms. The van der Waals surface area contributed by atoms with Crippen LogP contribution in [0, 0.1) is 0 Å². The van der Waals surface area contributed by atoms with Gasteiger partial charge >= 0.3 is 0 Å². The first-order valence-electron chi connectivity index (χ1n) is 3.58. The molecule has 0 saturated heterocycles. The van der Waals surface area contributed by atoms with Crippen LogP contribution in [0.25, 0.3) is 0 Å². The summed E-state index contributed by atoms with van der Waals surface area (Å²) in [4.78, 5) is 0. The Labute approximate surface area is 62.3 Å². The van der Waals surface area contributed by atoms with Gasteiger partial charge in [-0.15, -0.1) is 0 Å². The van der Waals surface area contributed by atoms with Gasteiger partial charge in [-0.3, -0.25) is 0 Å². The minimum Gasteiger partial charge on any atom is -0.396 e. The van der Waals surface area contributed by atoms with E-state index in [1.165, 1.54) is 0 Å². The summed E-state index contributed by atoms with van der Waals surface area (Å²) in [6.45, 7) is 3.98. The van der Waals surface area contributed by atoms with Crippen molar-refractivity contribution < 1.29 is 15.3 Å². The van der Waals surface area contributed by atoms with Gasteiger partial charge in [0.25, 0.3) is 0 Å². The van der Waals surface area contributed by atoms with Gasteiger partial charge in [-0.25, -0.2) is 0 Å². The van der Waals surface area contributed by atoms with Crippen molar-refractivity contribution in [3.05, 3.63) is 0 Å². The predicted molar refractivity (Wildman–Crippen MR) is 40.8 cm³/mol. The normalized spacial score (nSPS) is 11.7. The summed E-state index contributed by atoms with van der Waals surface area (Å²) >= 11 is 0. The second kappa shape index (κ2) is 11.6. The first-order valence-corrected chi connectivity index (χ1v) is 3.58. The largest absolute Gasteiger partial charge is 0.396 e. The number of aliphatic hydroxyl groups is 3. The third kappa shape index (κ3) is 24.8. The van der Waals surface area contributed by atoms with E-state index >= 15 is 0 Å². The highest BCUT2D eigenvalue weighted by Gasteiger charge is 1.88. The van der Waals surface area contributed by atoms with Gasteiger partial charge in [-0.1, -0.05) is 6.92 Å². The van der Waals surface area contributed by atoms with Gasteiger partial charge in [0.1, 0.15) is 0 Å². The Hall–Kier alpha value is -0.120. The molecular weight excluding hydrogens is 132 g/mol. The third-order valence-corrected chi connectivity index (χ3v) is 0.770. The maximum Gasteiger partial charge on any atom is 0.0533 e. The van der Waals surface area contributed by atoms with Crippen molar-refractivity contribution >= 4 is 0 Å². The summed E-state index contributed by atoms with van der Waals surface area (Å²) in [6, 6.07) is 0. The standard InChI is InChI=1S/C4H10O2.C3H8O/c1-4(6)2-3-5;1-2-3-4/h4-6H,2-3H2,1H3;4H,2-3H2,1H3. The summed E-state index contributed by atoms with van der Waals surface area (Å²) in [5.74, 6) is 0. The van der Waals surface area contributed by atoms with E-state index in [1.807, 2.05) is 6.92 Å². The SMILES string of the molecule is CC(O)CCO.CCCO. The maximum atomic E-state index is 8.39. The molecule has 0 fully saturated rings. The lowest BCUT2D eigenvalue weighted by molar-refractivity contribution is 0.148. The van der Waals surface area contributed by atoms with Crippen LogP contribution in [0.4, 0.5) is 0 Å². The lowest BCUT2D eigenvalue weighted by atomic mass is 10.3. The second-order valence-electron chi connectivity index (χ2n) is 2.08. The van der Waals surface area contributed by atoms with Gasteiger partial charge in [0.2, 0.25) is 0 Å². The Morgan fingerprint density at radius 1 is 1.20 bits per heavy atom. The zero-order chi connectivity index (χ0) is 8.41. The lowest BCUT2D eigenvalue weighted by Crippen LogP contribution is -2.00. The van der Waals surface area contributed by atoms with Gasteiger partial charge in [-0.2, -0.15) is 0 Å². The molecule has 0 aromatic carbocycles. The molecule has 0 rings (SSSR count). The van der Waals surface area contributed by atoms with Gasteiger partial charge < -0.3 is 15.3 Å². The van der Waals surface area contributed by atoms with E-state index in [-0.39, 0.29) is 12.7 Å². The molecule has 3 heteroatoms. The second-order valence-corrected chi connectivity index (χ2v) is 2.08. The van der Waals surface area contributed by atoms with Gasteiger partial charge in [-0.05, 0) is 19.8 Å². The smallest absolute Gasteiger partial charge is 0.0533 e. The molecule has 10 heavy (non-hydrogen) atoms. The van der Waals surface area contributed by atoms with Gasteiger partial charge in [0.15, 0.2) is 0 Å². The topological polar surface area (TPSA) is 60.7 Å². The first kappa shape index (κ1) is 12.5. The van der Waals surface area contributed by atoms with Crippen LogP contribution >= 0.6 is 0 Å². The van der Waals surface area contributed by atoms with E-state index in [0.717, 1.165) is 6.42 Å². The predicted octanol–water partition coefficient (Wildman–Crippen LogP) is 0.138. The molecule has 3 N–H and O–H groups in total. The molecule has 0 aromatic heterocycles. The zero-order valence-electron chi connectivity index (χ0n) is 6.75. The van der Waals surface area contributed by atoms with Crippen molar-refractivity contribution in [3.63, 3.8) is 0 Å². The van der Waals surface area contributed by atoms with Crippen molar-refractivity contribution in [2.45, 2.75) is 32.8 Å². The zero-order valence-corrected chi connectivity index (χ0v) is 6.75. The molecule has 0 amide bonds. The molecule has 0 radical (unpaired) electrons. The fourth-order valence-corrected chi connectivity index (χ4v) is 0.187. The van der Waals surface area contributed by atoms with Crippen molar-refractivity contribution in [1.82, 2.24) is 0 Å². The molecule has 0 aliphatic rings. The number of aliphatic hydroxyl groups excluding tert-OH is 3. The summed E-state index contributed by atoms with van der Waals surface area (Å²) in [5, 5.41) is 24.3. The minimum atomic E-state index is -0.352. The Balaban J connectivity index is 0. The van der Waals surface area contributed by atoms with Crippen LogP contribution in [0.2, 0.25) is 0 Å². The van der Waals surface area contributed by atoms with E-state index in [1.54, 1.807) is 6.92 Å². The Bertz CT molecular complexity index is 44.1. The third-order valence-electron chi connectivity index (χ3n) is 0.770. The molecular formula is C7H18O3.